The van der Waals surface area contributed by atoms with Crippen LogP contribution in [0, 0.1) is 0 Å². The highest BCUT2D eigenvalue weighted by Crippen LogP contribution is 2.45. The number of fused-ring (bicyclic) bond motifs is 2. The van der Waals surface area contributed by atoms with Crippen LogP contribution in [0.2, 0.25) is 0 Å². The molecule has 0 saturated carbocycles. The van der Waals surface area contributed by atoms with E-state index in [0.29, 0.717) is 28.2 Å². The molecule has 5 aromatic rings. The molecule has 0 unspecified atom stereocenters. The first kappa shape index (κ1) is 20.5. The molecule has 0 aromatic heterocycles. The second-order valence-corrected chi connectivity index (χ2v) is 7.67. The highest BCUT2D eigenvalue weighted by Gasteiger charge is 2.21. The van der Waals surface area contributed by atoms with Crippen molar-refractivity contribution in [3.8, 4) is 22.6 Å². The predicted molar refractivity (Wildman–Crippen MR) is 130 cm³/mol. The third-order valence-corrected chi connectivity index (χ3v) is 5.50. The highest BCUT2D eigenvalue weighted by molar-refractivity contribution is 6.10. The lowest BCUT2D eigenvalue weighted by Crippen LogP contribution is -2.09. The minimum Gasteiger partial charge on any atom is -0.426 e. The Kier molecular flexibility index (Phi) is 5.33. The average Bonchev–Trinajstić information content (AvgIpc) is 2.84. The van der Waals surface area contributed by atoms with Gasteiger partial charge in [0.25, 0.3) is 0 Å². The molecule has 0 atom stereocenters. The molecule has 0 aliphatic rings. The summed E-state index contributed by atoms with van der Waals surface area (Å²) in [6, 6.07) is 32.0. The molecule has 0 aliphatic heterocycles. The largest absolute Gasteiger partial charge is 0.426 e. The van der Waals surface area contributed by atoms with E-state index in [1.807, 2.05) is 66.7 Å². The van der Waals surface area contributed by atoms with Gasteiger partial charge < -0.3 is 9.47 Å². The van der Waals surface area contributed by atoms with Crippen LogP contribution in [0.25, 0.3) is 32.7 Å². The summed E-state index contributed by atoms with van der Waals surface area (Å²) >= 11 is 0. The van der Waals surface area contributed by atoms with E-state index in [9.17, 15) is 9.59 Å². The van der Waals surface area contributed by atoms with E-state index in [1.165, 1.54) is 6.92 Å². The van der Waals surface area contributed by atoms with Gasteiger partial charge in [0.15, 0.2) is 0 Å². The van der Waals surface area contributed by atoms with Gasteiger partial charge >= 0.3 is 11.9 Å². The van der Waals surface area contributed by atoms with E-state index in [2.05, 4.69) is 0 Å². The van der Waals surface area contributed by atoms with E-state index >= 15 is 0 Å². The zero-order valence-electron chi connectivity index (χ0n) is 17.9. The number of hydrogen-bond acceptors (Lipinski definition) is 4. The number of hydrogen-bond donors (Lipinski definition) is 0. The molecule has 0 saturated heterocycles. The molecule has 0 bridgehead atoms. The maximum absolute atomic E-state index is 13.0. The van der Waals surface area contributed by atoms with Crippen molar-refractivity contribution in [3.63, 3.8) is 0 Å². The van der Waals surface area contributed by atoms with E-state index < -0.39 is 11.9 Å². The maximum atomic E-state index is 13.0. The molecule has 0 spiro atoms. The van der Waals surface area contributed by atoms with Crippen molar-refractivity contribution in [1.29, 1.82) is 0 Å². The number of carbonyl (C=O) groups excluding carboxylic acids is 2. The summed E-state index contributed by atoms with van der Waals surface area (Å²) in [4.78, 5) is 24.9. The van der Waals surface area contributed by atoms with Crippen molar-refractivity contribution in [2.75, 3.05) is 0 Å². The summed E-state index contributed by atoms with van der Waals surface area (Å²) in [5.41, 5.74) is 1.86. The van der Waals surface area contributed by atoms with Crippen LogP contribution in [0.3, 0.4) is 0 Å². The lowest BCUT2D eigenvalue weighted by molar-refractivity contribution is -0.131. The highest BCUT2D eigenvalue weighted by atomic mass is 16.5. The Labute approximate surface area is 191 Å². The summed E-state index contributed by atoms with van der Waals surface area (Å²) in [5, 5.41) is 3.75. The van der Waals surface area contributed by atoms with Crippen LogP contribution in [0.1, 0.15) is 17.3 Å². The normalized spacial score (nSPS) is 10.8. The Balaban J connectivity index is 1.80. The molecular weight excluding hydrogens is 412 g/mol. The first-order valence-electron chi connectivity index (χ1n) is 10.6. The third kappa shape index (κ3) is 3.94. The first-order valence-corrected chi connectivity index (χ1v) is 10.6. The van der Waals surface area contributed by atoms with Gasteiger partial charge in [0.1, 0.15) is 11.5 Å². The summed E-state index contributed by atoms with van der Waals surface area (Å²) in [6.07, 6.45) is 0. The first-order chi connectivity index (χ1) is 16.1. The van der Waals surface area contributed by atoms with Crippen LogP contribution in [0.4, 0.5) is 0 Å². The molecule has 4 heteroatoms. The van der Waals surface area contributed by atoms with Crippen LogP contribution in [0.15, 0.2) is 103 Å². The van der Waals surface area contributed by atoms with Gasteiger partial charge in [-0.05, 0) is 45.8 Å². The minimum atomic E-state index is -0.457. The van der Waals surface area contributed by atoms with Crippen LogP contribution in [-0.2, 0) is 4.79 Å². The van der Waals surface area contributed by atoms with Crippen LogP contribution in [0.5, 0.6) is 11.5 Å². The summed E-state index contributed by atoms with van der Waals surface area (Å²) in [6.45, 7) is 1.37. The molecule has 0 amide bonds. The minimum absolute atomic E-state index is 0.396. The van der Waals surface area contributed by atoms with E-state index in [4.69, 9.17) is 9.47 Å². The molecule has 0 radical (unpaired) electrons. The molecule has 4 nitrogen and oxygen atoms in total. The molecule has 5 rings (SSSR count). The van der Waals surface area contributed by atoms with Crippen LogP contribution < -0.4 is 9.47 Å². The molecule has 0 N–H and O–H groups in total. The van der Waals surface area contributed by atoms with Gasteiger partial charge in [0, 0.05) is 18.1 Å². The van der Waals surface area contributed by atoms with Crippen molar-refractivity contribution in [2.24, 2.45) is 0 Å². The van der Waals surface area contributed by atoms with Crippen molar-refractivity contribution >= 4 is 33.5 Å². The van der Waals surface area contributed by atoms with Crippen molar-refractivity contribution < 1.29 is 19.1 Å². The average molecular weight is 432 g/mol. The number of rotatable bonds is 4. The Morgan fingerprint density at radius 1 is 0.545 bits per heavy atom. The molecule has 33 heavy (non-hydrogen) atoms. The van der Waals surface area contributed by atoms with Crippen molar-refractivity contribution in [2.45, 2.75) is 6.92 Å². The monoisotopic (exact) mass is 432 g/mol. The Hall–Kier alpha value is -4.44. The third-order valence-electron chi connectivity index (χ3n) is 5.50. The maximum Gasteiger partial charge on any atom is 0.343 e. The van der Waals surface area contributed by atoms with E-state index in [0.717, 1.165) is 21.5 Å². The molecular formula is C29H20O4. The molecule has 0 fully saturated rings. The Bertz CT molecular complexity index is 1500. The number of ether oxygens (including phenoxy) is 2. The fourth-order valence-corrected chi connectivity index (χ4v) is 4.08. The SMILES string of the molecule is CC(=O)Oc1ccc2ccccc2c1-c1c(OC(=O)c2ccccc2)ccc2ccccc12. The van der Waals surface area contributed by atoms with Crippen molar-refractivity contribution in [1.82, 2.24) is 0 Å². The fraction of sp³-hybridized carbons (Fsp3) is 0.0345. The second-order valence-electron chi connectivity index (χ2n) is 7.67. The van der Waals surface area contributed by atoms with Crippen molar-refractivity contribution in [3.05, 3.63) is 109 Å². The standard InChI is InChI=1S/C29H20O4/c1-19(30)32-25-17-15-20-9-5-7-13-23(20)27(25)28-24-14-8-6-10-21(24)16-18-26(28)33-29(31)22-11-3-2-4-12-22/h2-18H,1H3. The number of benzene rings is 5. The molecule has 0 heterocycles. The number of carbonyl (C=O) groups is 2. The zero-order chi connectivity index (χ0) is 22.8. The lowest BCUT2D eigenvalue weighted by atomic mass is 9.92. The van der Waals surface area contributed by atoms with Gasteiger partial charge in [0.05, 0.1) is 5.56 Å². The van der Waals surface area contributed by atoms with Gasteiger partial charge in [-0.15, -0.1) is 0 Å². The Morgan fingerprint density at radius 2 is 1.03 bits per heavy atom. The lowest BCUT2D eigenvalue weighted by Gasteiger charge is -2.18. The Morgan fingerprint density at radius 3 is 1.58 bits per heavy atom. The van der Waals surface area contributed by atoms with Crippen LogP contribution in [-0.4, -0.2) is 11.9 Å². The predicted octanol–water partition coefficient (Wildman–Crippen LogP) is 6.80. The van der Waals surface area contributed by atoms with Gasteiger partial charge in [-0.25, -0.2) is 4.79 Å². The van der Waals surface area contributed by atoms with Crippen LogP contribution >= 0.6 is 0 Å². The van der Waals surface area contributed by atoms with E-state index in [1.54, 1.807) is 36.4 Å². The summed E-state index contributed by atoms with van der Waals surface area (Å²) in [5.74, 6) is -0.0714. The van der Waals surface area contributed by atoms with Gasteiger partial charge in [-0.2, -0.15) is 0 Å². The summed E-state index contributed by atoms with van der Waals surface area (Å²) in [7, 11) is 0. The zero-order valence-corrected chi connectivity index (χ0v) is 17.9. The topological polar surface area (TPSA) is 52.6 Å². The molecule has 0 aliphatic carbocycles. The van der Waals surface area contributed by atoms with Gasteiger partial charge in [-0.3, -0.25) is 4.79 Å². The molecule has 160 valence electrons. The van der Waals surface area contributed by atoms with Gasteiger partial charge in [0.2, 0.25) is 0 Å². The second kappa shape index (κ2) is 8.60. The molecule has 5 aromatic carbocycles. The fourth-order valence-electron chi connectivity index (χ4n) is 4.08. The number of esters is 2. The van der Waals surface area contributed by atoms with Gasteiger partial charge in [-0.1, -0.05) is 78.9 Å². The van der Waals surface area contributed by atoms with E-state index in [-0.39, 0.29) is 0 Å². The quantitative estimate of drug-likeness (QED) is 0.231. The smallest absolute Gasteiger partial charge is 0.343 e. The summed E-state index contributed by atoms with van der Waals surface area (Å²) < 4.78 is 11.5.